The van der Waals surface area contributed by atoms with Crippen molar-refractivity contribution >= 4 is 5.90 Å². The summed E-state index contributed by atoms with van der Waals surface area (Å²) in [4.78, 5) is 0. The topological polar surface area (TPSA) is 114 Å². The van der Waals surface area contributed by atoms with Crippen LogP contribution in [0.3, 0.4) is 0 Å². The second-order valence-corrected chi connectivity index (χ2v) is 9.29. The van der Waals surface area contributed by atoms with E-state index in [1.165, 1.54) is 0 Å². The molecule has 3 fully saturated rings. The minimum absolute atomic E-state index is 0.265. The summed E-state index contributed by atoms with van der Waals surface area (Å²) in [5, 5.41) is 39.7. The smallest absolute Gasteiger partial charge is 0.217 e. The van der Waals surface area contributed by atoms with E-state index in [9.17, 15) is 15.8 Å². The van der Waals surface area contributed by atoms with Gasteiger partial charge in [-0.2, -0.15) is 15.8 Å². The molecule has 6 nitrogen and oxygen atoms in total. The van der Waals surface area contributed by atoms with Gasteiger partial charge in [-0.05, 0) is 50.5 Å². The molecule has 1 saturated carbocycles. The van der Waals surface area contributed by atoms with Crippen molar-refractivity contribution in [1.82, 2.24) is 0 Å². The third-order valence-corrected chi connectivity index (χ3v) is 7.80. The third-order valence-electron chi connectivity index (χ3n) is 7.80. The molecule has 0 spiro atoms. The molecule has 0 aromatic rings. The van der Waals surface area contributed by atoms with Crippen molar-refractivity contribution in [2.45, 2.75) is 76.6 Å². The average molecular weight is 405 g/mol. The molecule has 2 aliphatic heterocycles. The van der Waals surface area contributed by atoms with Crippen LogP contribution in [0.4, 0.5) is 0 Å². The first-order valence-electron chi connectivity index (χ1n) is 10.9. The highest BCUT2D eigenvalue weighted by Gasteiger charge is 2.80. The predicted octanol–water partition coefficient (Wildman–Crippen LogP) is 4.91. The van der Waals surface area contributed by atoms with E-state index in [1.807, 2.05) is 6.92 Å². The number of allylic oxidation sites excluding steroid dienone is 2. The van der Waals surface area contributed by atoms with Crippen molar-refractivity contribution in [2.24, 2.45) is 22.7 Å². The Hall–Kier alpha value is -2.62. The SMILES string of the molecule is C=C(C)C1CC=C(C2OC34CCCCCCC3C(C#N)(C(=N)O4)C2(C#N)C#N)CC1. The van der Waals surface area contributed by atoms with Gasteiger partial charge in [0.1, 0.15) is 6.10 Å². The summed E-state index contributed by atoms with van der Waals surface area (Å²) in [6, 6.07) is 6.63. The molecular weight excluding hydrogens is 376 g/mol. The molecule has 30 heavy (non-hydrogen) atoms. The number of hydrogen-bond acceptors (Lipinski definition) is 6. The van der Waals surface area contributed by atoms with E-state index in [2.05, 4.69) is 30.9 Å². The first-order chi connectivity index (χ1) is 14.4. The molecular formula is C24H28N4O2. The first kappa shape index (κ1) is 20.6. The van der Waals surface area contributed by atoms with Gasteiger partial charge in [0.15, 0.2) is 5.41 Å². The quantitative estimate of drug-likeness (QED) is 0.657. The number of nitriles is 3. The van der Waals surface area contributed by atoms with Gasteiger partial charge in [-0.15, -0.1) is 0 Å². The van der Waals surface area contributed by atoms with Gasteiger partial charge in [-0.25, -0.2) is 0 Å². The fraction of sp³-hybridized carbons (Fsp3) is 0.667. The average Bonchev–Trinajstić information content (AvgIpc) is 2.91. The highest BCUT2D eigenvalue weighted by Crippen LogP contribution is 2.66. The standard InChI is InChI=1S/C24H28N4O2/c1-16(2)17-8-10-18(11-9-17)20-22(13-25,14-26)23(15-27)19-7-5-3-4-6-12-24(19,29-20)30-21(23)28/h10,17,19-20,28H,1,3-9,11-12H2,2H3. The fourth-order valence-corrected chi connectivity index (χ4v) is 6.09. The van der Waals surface area contributed by atoms with Crippen LogP contribution in [0.15, 0.2) is 23.8 Å². The van der Waals surface area contributed by atoms with E-state index in [1.54, 1.807) is 0 Å². The Bertz CT molecular complexity index is 918. The van der Waals surface area contributed by atoms with Crippen molar-refractivity contribution in [3.05, 3.63) is 23.8 Å². The van der Waals surface area contributed by atoms with Crippen LogP contribution < -0.4 is 0 Å². The molecule has 0 radical (unpaired) electrons. The molecule has 2 heterocycles. The zero-order valence-corrected chi connectivity index (χ0v) is 17.5. The van der Waals surface area contributed by atoms with Crippen molar-refractivity contribution < 1.29 is 9.47 Å². The lowest BCUT2D eigenvalue weighted by Gasteiger charge is -2.51. The molecule has 4 aliphatic rings. The van der Waals surface area contributed by atoms with Crippen LogP contribution in [0.1, 0.15) is 64.7 Å². The summed E-state index contributed by atoms with van der Waals surface area (Å²) in [6.07, 6.45) is 8.56. The third kappa shape index (κ3) is 2.52. The lowest BCUT2D eigenvalue weighted by Crippen LogP contribution is -2.63. The lowest BCUT2D eigenvalue weighted by atomic mass is 9.51. The van der Waals surface area contributed by atoms with Crippen molar-refractivity contribution in [1.29, 1.82) is 21.2 Å². The van der Waals surface area contributed by atoms with E-state index in [0.29, 0.717) is 25.2 Å². The molecule has 1 N–H and O–H groups in total. The molecule has 2 bridgehead atoms. The largest absolute Gasteiger partial charge is 0.447 e. The normalized spacial score (nSPS) is 39.6. The zero-order valence-electron chi connectivity index (χ0n) is 17.5. The van der Waals surface area contributed by atoms with Crippen LogP contribution >= 0.6 is 0 Å². The maximum absolute atomic E-state index is 10.4. The monoisotopic (exact) mass is 404 g/mol. The summed E-state index contributed by atoms with van der Waals surface area (Å²) < 4.78 is 12.6. The van der Waals surface area contributed by atoms with Crippen LogP contribution in [0.25, 0.3) is 0 Å². The second-order valence-electron chi connectivity index (χ2n) is 9.29. The van der Waals surface area contributed by atoms with E-state index >= 15 is 0 Å². The summed E-state index contributed by atoms with van der Waals surface area (Å²) in [7, 11) is 0. The van der Waals surface area contributed by atoms with Crippen LogP contribution in [0.2, 0.25) is 0 Å². The number of rotatable bonds is 2. The number of hydrogen-bond donors (Lipinski definition) is 1. The van der Waals surface area contributed by atoms with E-state index in [0.717, 1.165) is 49.7 Å². The van der Waals surface area contributed by atoms with Crippen LogP contribution in [0.5, 0.6) is 0 Å². The number of nitrogens with one attached hydrogen (secondary N) is 1. The molecule has 6 heteroatoms. The molecule has 2 aliphatic carbocycles. The molecule has 5 unspecified atom stereocenters. The van der Waals surface area contributed by atoms with Gasteiger partial charge >= 0.3 is 0 Å². The molecule has 0 amide bonds. The Labute approximate surface area is 178 Å². The minimum Gasteiger partial charge on any atom is -0.447 e. The van der Waals surface area contributed by atoms with Crippen LogP contribution in [-0.4, -0.2) is 17.8 Å². The number of ether oxygens (including phenoxy) is 2. The van der Waals surface area contributed by atoms with Gasteiger partial charge in [0.2, 0.25) is 17.1 Å². The molecule has 0 aromatic carbocycles. The van der Waals surface area contributed by atoms with Gasteiger partial charge in [-0.1, -0.05) is 37.5 Å². The van der Waals surface area contributed by atoms with Crippen LogP contribution in [0, 0.1) is 62.1 Å². The minimum atomic E-state index is -1.80. The Kier molecular flexibility index (Phi) is 5.00. The predicted molar refractivity (Wildman–Crippen MR) is 110 cm³/mol. The van der Waals surface area contributed by atoms with Crippen molar-refractivity contribution in [3.8, 4) is 18.2 Å². The number of nitrogens with zero attached hydrogens (tertiary/aromatic N) is 3. The Morgan fingerprint density at radius 3 is 2.47 bits per heavy atom. The molecule has 4 rings (SSSR count). The summed E-state index contributed by atoms with van der Waals surface area (Å²) in [5.74, 6) is -1.47. The summed E-state index contributed by atoms with van der Waals surface area (Å²) in [6.45, 7) is 6.08. The Balaban J connectivity index is 1.86. The van der Waals surface area contributed by atoms with Gasteiger partial charge in [0.25, 0.3) is 0 Å². The second kappa shape index (κ2) is 7.26. The Morgan fingerprint density at radius 1 is 1.13 bits per heavy atom. The maximum Gasteiger partial charge on any atom is 0.217 e. The molecule has 2 saturated heterocycles. The van der Waals surface area contributed by atoms with Crippen molar-refractivity contribution in [2.75, 3.05) is 0 Å². The highest BCUT2D eigenvalue weighted by molar-refractivity contribution is 5.89. The first-order valence-corrected chi connectivity index (χ1v) is 10.9. The fourth-order valence-electron chi connectivity index (χ4n) is 6.09. The van der Waals surface area contributed by atoms with E-state index in [4.69, 9.17) is 14.9 Å². The Morgan fingerprint density at radius 2 is 1.87 bits per heavy atom. The summed E-state index contributed by atoms with van der Waals surface area (Å²) >= 11 is 0. The van der Waals surface area contributed by atoms with Gasteiger partial charge in [0, 0.05) is 6.42 Å². The lowest BCUT2D eigenvalue weighted by molar-refractivity contribution is -0.277. The van der Waals surface area contributed by atoms with Gasteiger partial charge in [-0.3, -0.25) is 5.41 Å². The molecule has 5 atom stereocenters. The maximum atomic E-state index is 10.4. The summed E-state index contributed by atoms with van der Waals surface area (Å²) in [5.41, 5.74) is -1.40. The molecule has 156 valence electrons. The zero-order chi connectivity index (χ0) is 21.6. The van der Waals surface area contributed by atoms with Gasteiger partial charge in [0.05, 0.1) is 24.1 Å². The van der Waals surface area contributed by atoms with E-state index < -0.39 is 28.6 Å². The van der Waals surface area contributed by atoms with Crippen molar-refractivity contribution in [3.63, 3.8) is 0 Å². The van der Waals surface area contributed by atoms with Gasteiger partial charge < -0.3 is 9.47 Å². The van der Waals surface area contributed by atoms with Crippen LogP contribution in [-0.2, 0) is 9.47 Å². The molecule has 0 aromatic heterocycles. The van der Waals surface area contributed by atoms with E-state index in [-0.39, 0.29) is 5.90 Å². The highest BCUT2D eigenvalue weighted by atomic mass is 16.7.